The van der Waals surface area contributed by atoms with Crippen molar-refractivity contribution >= 4 is 37.7 Å². The fourth-order valence-electron chi connectivity index (χ4n) is 0. The maximum atomic E-state index is 3.18. The predicted molar refractivity (Wildman–Crippen MR) is 32.6 cm³/mol. The van der Waals surface area contributed by atoms with Gasteiger partial charge in [0.2, 0.25) is 0 Å². The van der Waals surface area contributed by atoms with Crippen LogP contribution in [-0.2, 0) is 0 Å². The van der Waals surface area contributed by atoms with Crippen LogP contribution in [-0.4, -0.2) is 37.7 Å². The fourth-order valence-corrected chi connectivity index (χ4v) is 0. The molecule has 0 saturated carbocycles. The molecule has 0 fully saturated rings. The molecule has 0 aliphatic rings. The molecule has 0 aliphatic carbocycles. The molecule has 0 unspecified atom stereocenters. The Hall–Kier alpha value is 0.495. The summed E-state index contributed by atoms with van der Waals surface area (Å²) >= 11 is 0. The van der Waals surface area contributed by atoms with Crippen molar-refractivity contribution < 1.29 is 0 Å². The molecule has 0 saturated heterocycles. The van der Waals surface area contributed by atoms with E-state index in [0.29, 0.717) is 0 Å². The van der Waals surface area contributed by atoms with Gasteiger partial charge in [-0.25, -0.2) is 0 Å². The van der Waals surface area contributed by atoms with Gasteiger partial charge in [-0.3, -0.25) is 0 Å². The number of rotatable bonds is 0. The zero-order chi connectivity index (χ0) is 3.41. The quantitative estimate of drug-likeness (QED) is 0.273. The molecule has 0 radical (unpaired) electrons. The summed E-state index contributed by atoms with van der Waals surface area (Å²) in [5.74, 6) is 0. The van der Waals surface area contributed by atoms with E-state index in [0.717, 1.165) is 0 Å². The summed E-state index contributed by atoms with van der Waals surface area (Å²) in [6.45, 7) is 6.36. The van der Waals surface area contributed by atoms with E-state index in [-0.39, 0.29) is 37.7 Å². The molecule has 0 rings (SSSR count). The van der Waals surface area contributed by atoms with Crippen LogP contribution in [0.1, 0.15) is 0 Å². The molecule has 0 aromatic rings. The minimum absolute atomic E-state index is 0. The van der Waals surface area contributed by atoms with E-state index in [1.54, 1.807) is 0 Å². The van der Waals surface area contributed by atoms with Gasteiger partial charge in [0.15, 0.2) is 0 Å². The van der Waals surface area contributed by atoms with Crippen LogP contribution in [0.5, 0.6) is 0 Å². The van der Waals surface area contributed by atoms with E-state index in [4.69, 9.17) is 0 Å². The normalized spacial score (nSPS) is 2.00. The van der Waals surface area contributed by atoms with Gasteiger partial charge < -0.3 is 0 Å². The van der Waals surface area contributed by atoms with E-state index in [2.05, 4.69) is 24.6 Å². The zero-order valence-electron chi connectivity index (χ0n) is 2.41. The molecular weight excluding hydrogens is 61.9 g/mol. The molecule has 2 heteroatoms. The van der Waals surface area contributed by atoms with E-state index in [1.165, 1.54) is 0 Å². The monoisotopic (exact) mass is 68.1 g/mol. The Bertz CT molecular complexity index is 55.6. The van der Waals surface area contributed by atoms with Crippen LogP contribution in [0.2, 0.25) is 0 Å². The van der Waals surface area contributed by atoms with Gasteiger partial charge in [0.1, 0.15) is 0 Å². The fraction of sp³-hybridized carbons (Fsp3) is 0. The Kier molecular flexibility index (Phi) is 47.7. The van der Waals surface area contributed by atoms with Crippen LogP contribution in [0.15, 0.2) is 24.6 Å². The van der Waals surface area contributed by atoms with Gasteiger partial charge in [-0.2, -0.15) is 0 Å². The van der Waals surface area contributed by atoms with Crippen molar-refractivity contribution in [2.24, 2.45) is 0 Å². The Balaban J connectivity index is -0.0000000450. The molecule has 0 nitrogen and oxygen atoms in total. The number of hydrogen-bond donors (Lipinski definition) is 0. The van der Waals surface area contributed by atoms with Crippen LogP contribution < -0.4 is 0 Å². The Morgan fingerprint density at radius 3 is 1.00 bits per heavy atom. The maximum absolute atomic E-state index is 3.18. The SMILES string of the molecule is C=C=C=C.[LiH].[LiH]. The van der Waals surface area contributed by atoms with Crippen molar-refractivity contribution in [3.8, 4) is 0 Å². The third-order valence-electron chi connectivity index (χ3n) is 0.125. The van der Waals surface area contributed by atoms with Crippen LogP contribution in [0.3, 0.4) is 0 Å². The van der Waals surface area contributed by atoms with Crippen LogP contribution >= 0.6 is 0 Å². The third kappa shape index (κ3) is 24.6. The Morgan fingerprint density at radius 1 is 0.833 bits per heavy atom. The van der Waals surface area contributed by atoms with Gasteiger partial charge in [0.25, 0.3) is 0 Å². The Labute approximate surface area is 62.4 Å². The first kappa shape index (κ1) is 16.1. The van der Waals surface area contributed by atoms with Crippen molar-refractivity contribution in [2.45, 2.75) is 0 Å². The Morgan fingerprint density at radius 2 is 1.00 bits per heavy atom. The summed E-state index contributed by atoms with van der Waals surface area (Å²) < 4.78 is 0. The second-order valence-electron chi connectivity index (χ2n) is 0.354. The van der Waals surface area contributed by atoms with Gasteiger partial charge >= 0.3 is 37.7 Å². The summed E-state index contributed by atoms with van der Waals surface area (Å²) in [5, 5.41) is 0. The molecule has 0 bridgehead atoms. The number of hydrogen-bond acceptors (Lipinski definition) is 0. The minimum atomic E-state index is 0. The molecule has 0 amide bonds. The third-order valence-corrected chi connectivity index (χ3v) is 0.125. The van der Waals surface area contributed by atoms with Gasteiger partial charge in [0, 0.05) is 0 Å². The molecule has 0 heterocycles. The average molecular weight is 68.0 g/mol. The molecule has 0 atom stereocenters. The molecule has 0 aromatic heterocycles. The van der Waals surface area contributed by atoms with Crippen molar-refractivity contribution in [3.63, 3.8) is 0 Å². The van der Waals surface area contributed by atoms with Crippen molar-refractivity contribution in [3.05, 3.63) is 24.6 Å². The first-order chi connectivity index (χ1) is 1.91. The molecule has 0 N–H and O–H groups in total. The second kappa shape index (κ2) is 17.8. The van der Waals surface area contributed by atoms with Gasteiger partial charge in [-0.05, 0) is 13.2 Å². The van der Waals surface area contributed by atoms with E-state index < -0.39 is 0 Å². The molecular formula is C4H6Li2. The molecule has 0 aliphatic heterocycles. The van der Waals surface area contributed by atoms with Crippen LogP contribution in [0.4, 0.5) is 0 Å². The zero-order valence-corrected chi connectivity index (χ0v) is 2.41. The predicted octanol–water partition coefficient (Wildman–Crippen LogP) is -0.185. The standard InChI is InChI=1S/C4H4.2Li.2H/c1-3-4-2;;;;/h1-2H2;;;;. The average Bonchev–Trinajstić information content (AvgIpc) is 1.37. The van der Waals surface area contributed by atoms with Crippen LogP contribution in [0.25, 0.3) is 0 Å². The molecule has 0 aromatic carbocycles. The summed E-state index contributed by atoms with van der Waals surface area (Å²) in [6.07, 6.45) is 0. The van der Waals surface area contributed by atoms with Crippen LogP contribution in [0, 0.1) is 0 Å². The van der Waals surface area contributed by atoms with E-state index >= 15 is 0 Å². The summed E-state index contributed by atoms with van der Waals surface area (Å²) in [5.41, 5.74) is 4.64. The first-order valence-electron chi connectivity index (χ1n) is 0.957. The molecule has 0 spiro atoms. The molecule has 24 valence electrons. The second-order valence-corrected chi connectivity index (χ2v) is 0.354. The van der Waals surface area contributed by atoms with Gasteiger partial charge in [0.05, 0.1) is 0 Å². The van der Waals surface area contributed by atoms with E-state index in [9.17, 15) is 0 Å². The summed E-state index contributed by atoms with van der Waals surface area (Å²) in [7, 11) is 0. The topological polar surface area (TPSA) is 0 Å². The van der Waals surface area contributed by atoms with Gasteiger partial charge in [-0.1, -0.05) is 11.5 Å². The van der Waals surface area contributed by atoms with Crippen molar-refractivity contribution in [1.82, 2.24) is 0 Å². The van der Waals surface area contributed by atoms with E-state index in [1.807, 2.05) is 0 Å². The summed E-state index contributed by atoms with van der Waals surface area (Å²) in [6, 6.07) is 0. The summed E-state index contributed by atoms with van der Waals surface area (Å²) in [4.78, 5) is 0. The van der Waals surface area contributed by atoms with Crippen molar-refractivity contribution in [2.75, 3.05) is 0 Å². The first-order valence-corrected chi connectivity index (χ1v) is 0.957. The van der Waals surface area contributed by atoms with Gasteiger partial charge in [-0.15, -0.1) is 0 Å². The van der Waals surface area contributed by atoms with Crippen molar-refractivity contribution in [1.29, 1.82) is 0 Å². The molecule has 6 heavy (non-hydrogen) atoms.